The topological polar surface area (TPSA) is 111 Å². The van der Waals surface area contributed by atoms with Gasteiger partial charge < -0.3 is 19.1 Å². The second-order valence-corrected chi connectivity index (χ2v) is 10.1. The highest BCUT2D eigenvalue weighted by molar-refractivity contribution is 7.92. The van der Waals surface area contributed by atoms with Crippen LogP contribution in [0.1, 0.15) is 0 Å². The molecular formula is C24H20Cl2N2O7S. The van der Waals surface area contributed by atoms with E-state index in [1.165, 1.54) is 42.3 Å². The lowest BCUT2D eigenvalue weighted by Gasteiger charge is -2.33. The van der Waals surface area contributed by atoms with E-state index in [-0.39, 0.29) is 22.2 Å². The van der Waals surface area contributed by atoms with Crippen LogP contribution in [-0.4, -0.2) is 46.7 Å². The van der Waals surface area contributed by atoms with Crippen LogP contribution in [0, 0.1) is 0 Å². The third kappa shape index (κ3) is 5.67. The van der Waals surface area contributed by atoms with Crippen molar-refractivity contribution in [3.05, 3.63) is 76.8 Å². The Morgan fingerprint density at radius 2 is 1.81 bits per heavy atom. The van der Waals surface area contributed by atoms with Crippen LogP contribution in [0.2, 0.25) is 10.0 Å². The van der Waals surface area contributed by atoms with E-state index in [1.54, 1.807) is 36.4 Å². The van der Waals surface area contributed by atoms with E-state index in [2.05, 4.69) is 4.72 Å². The van der Waals surface area contributed by atoms with Crippen molar-refractivity contribution in [2.24, 2.45) is 0 Å². The number of carbonyl (C=O) groups excluding carboxylic acids is 2. The van der Waals surface area contributed by atoms with E-state index in [1.807, 2.05) is 0 Å². The lowest BCUT2D eigenvalue weighted by atomic mass is 10.2. The molecule has 0 aromatic heterocycles. The summed E-state index contributed by atoms with van der Waals surface area (Å²) in [7, 11) is -2.70. The van der Waals surface area contributed by atoms with Gasteiger partial charge in [0.2, 0.25) is 6.10 Å². The third-order valence-corrected chi connectivity index (χ3v) is 7.13. The Balaban J connectivity index is 1.46. The number of halogens is 2. The van der Waals surface area contributed by atoms with Gasteiger partial charge in [0.1, 0.15) is 11.5 Å². The molecule has 0 saturated carbocycles. The maximum absolute atomic E-state index is 13.0. The molecule has 188 valence electrons. The fraction of sp³-hybridized carbons (Fsp3) is 0.167. The first-order chi connectivity index (χ1) is 17.2. The molecule has 0 spiro atoms. The van der Waals surface area contributed by atoms with E-state index < -0.39 is 34.6 Å². The van der Waals surface area contributed by atoms with Crippen molar-refractivity contribution in [1.82, 2.24) is 0 Å². The molecule has 0 radical (unpaired) electrons. The minimum Gasteiger partial charge on any atom is -0.482 e. The summed E-state index contributed by atoms with van der Waals surface area (Å²) in [4.78, 5) is 26.3. The summed E-state index contributed by atoms with van der Waals surface area (Å²) in [5.74, 6) is -0.609. The number of nitrogens with one attached hydrogen (secondary N) is 1. The Hall–Kier alpha value is -3.47. The Kier molecular flexibility index (Phi) is 7.58. The van der Waals surface area contributed by atoms with Gasteiger partial charge in [-0.15, -0.1) is 0 Å². The summed E-state index contributed by atoms with van der Waals surface area (Å²) in [5, 5.41) is 0.468. The fourth-order valence-electron chi connectivity index (χ4n) is 3.44. The van der Waals surface area contributed by atoms with Gasteiger partial charge >= 0.3 is 5.97 Å². The number of nitrogens with zero attached hydrogens (tertiary/aromatic N) is 1. The molecule has 9 nitrogen and oxygen atoms in total. The summed E-state index contributed by atoms with van der Waals surface area (Å²) in [6, 6.07) is 16.8. The number of amides is 1. The summed E-state index contributed by atoms with van der Waals surface area (Å²) < 4.78 is 43.8. The van der Waals surface area contributed by atoms with Crippen molar-refractivity contribution in [1.29, 1.82) is 0 Å². The number of methoxy groups -OCH3 is 1. The van der Waals surface area contributed by atoms with Crippen molar-refractivity contribution in [2.45, 2.75) is 11.0 Å². The molecule has 1 aliphatic heterocycles. The monoisotopic (exact) mass is 550 g/mol. The van der Waals surface area contributed by atoms with Crippen LogP contribution >= 0.6 is 23.2 Å². The first kappa shape index (κ1) is 25.6. The van der Waals surface area contributed by atoms with Gasteiger partial charge in [-0.1, -0.05) is 35.3 Å². The summed E-state index contributed by atoms with van der Waals surface area (Å²) in [6.45, 7) is -0.482. The number of para-hydroxylation sites is 2. The molecule has 1 atom stereocenters. The smallest absolute Gasteiger partial charge is 0.348 e. The largest absolute Gasteiger partial charge is 0.482 e. The molecule has 4 rings (SSSR count). The molecule has 0 unspecified atom stereocenters. The summed E-state index contributed by atoms with van der Waals surface area (Å²) in [5.41, 5.74) is 0.810. The normalized spacial score (nSPS) is 14.9. The van der Waals surface area contributed by atoms with Crippen LogP contribution < -0.4 is 19.1 Å². The zero-order valence-corrected chi connectivity index (χ0v) is 21.1. The molecule has 3 aromatic carbocycles. The predicted molar refractivity (Wildman–Crippen MR) is 134 cm³/mol. The summed E-state index contributed by atoms with van der Waals surface area (Å²) in [6.07, 6.45) is -0.991. The number of carbonyl (C=O) groups is 2. The van der Waals surface area contributed by atoms with Gasteiger partial charge in [0, 0.05) is 10.7 Å². The molecule has 36 heavy (non-hydrogen) atoms. The van der Waals surface area contributed by atoms with Crippen LogP contribution in [0.3, 0.4) is 0 Å². The van der Waals surface area contributed by atoms with Crippen molar-refractivity contribution in [2.75, 3.05) is 29.9 Å². The van der Waals surface area contributed by atoms with Crippen molar-refractivity contribution in [3.63, 3.8) is 0 Å². The van der Waals surface area contributed by atoms with Crippen LogP contribution in [0.4, 0.5) is 11.4 Å². The van der Waals surface area contributed by atoms with Gasteiger partial charge in [0.05, 0.1) is 29.3 Å². The molecule has 12 heteroatoms. The highest BCUT2D eigenvalue weighted by atomic mass is 35.5. The first-order valence-corrected chi connectivity index (χ1v) is 12.8. The van der Waals surface area contributed by atoms with Crippen molar-refractivity contribution >= 4 is 56.5 Å². The van der Waals surface area contributed by atoms with E-state index >= 15 is 0 Å². The average Bonchev–Trinajstić information content (AvgIpc) is 2.87. The molecule has 1 aliphatic rings. The molecule has 0 saturated heterocycles. The number of anilines is 2. The summed E-state index contributed by atoms with van der Waals surface area (Å²) >= 11 is 12.1. The molecule has 1 N–H and O–H groups in total. The average molecular weight is 551 g/mol. The molecule has 0 bridgehead atoms. The molecular weight excluding hydrogens is 531 g/mol. The minimum atomic E-state index is -3.93. The van der Waals surface area contributed by atoms with Gasteiger partial charge in [-0.05, 0) is 54.6 Å². The zero-order valence-electron chi connectivity index (χ0n) is 18.8. The molecule has 3 aromatic rings. The van der Waals surface area contributed by atoms with Gasteiger partial charge in [0.15, 0.2) is 6.61 Å². The second-order valence-electron chi connectivity index (χ2n) is 7.60. The Morgan fingerprint density at radius 1 is 1.08 bits per heavy atom. The van der Waals surface area contributed by atoms with Gasteiger partial charge in [-0.25, -0.2) is 13.2 Å². The Bertz CT molecular complexity index is 1400. The number of sulfonamides is 1. The van der Waals surface area contributed by atoms with Gasteiger partial charge in [0.25, 0.3) is 15.9 Å². The van der Waals surface area contributed by atoms with E-state index in [0.29, 0.717) is 22.1 Å². The fourth-order valence-corrected chi connectivity index (χ4v) is 4.95. The number of hydrogen-bond acceptors (Lipinski definition) is 7. The molecule has 1 heterocycles. The molecule has 0 aliphatic carbocycles. The number of ether oxygens (including phenoxy) is 3. The standard InChI is InChI=1S/C24H20Cl2N2O7S/c1-33-24(30)22-13-28(19-4-2-3-5-21(19)35-22)23(29)14-34-20-11-10-17(12-18(20)26)36(31,32)27-16-8-6-15(25)7-9-16/h2-12,22,27H,13-14H2,1H3/t22-/m1/s1. The SMILES string of the molecule is COC(=O)[C@H]1CN(C(=O)COc2ccc(S(=O)(=O)Nc3ccc(Cl)cc3)cc2Cl)c2ccccc2O1. The van der Waals surface area contributed by atoms with Crippen LogP contribution in [0.15, 0.2) is 71.6 Å². The van der Waals surface area contributed by atoms with Crippen molar-refractivity contribution in [3.8, 4) is 11.5 Å². The maximum atomic E-state index is 13.0. The second kappa shape index (κ2) is 10.7. The lowest BCUT2D eigenvalue weighted by Crippen LogP contribution is -2.48. The molecule has 1 amide bonds. The predicted octanol–water partition coefficient (Wildman–Crippen LogP) is 4.14. The zero-order chi connectivity index (χ0) is 25.9. The first-order valence-electron chi connectivity index (χ1n) is 10.5. The number of rotatable bonds is 7. The Morgan fingerprint density at radius 3 is 2.50 bits per heavy atom. The van der Waals surface area contributed by atoms with Crippen molar-refractivity contribution < 1.29 is 32.2 Å². The number of fused-ring (bicyclic) bond motifs is 1. The van der Waals surface area contributed by atoms with Crippen LogP contribution in [-0.2, 0) is 24.3 Å². The number of benzene rings is 3. The Labute approximate surface area is 217 Å². The molecule has 0 fully saturated rings. The highest BCUT2D eigenvalue weighted by Crippen LogP contribution is 2.34. The number of hydrogen-bond donors (Lipinski definition) is 1. The number of esters is 1. The minimum absolute atomic E-state index is 0.00315. The lowest BCUT2D eigenvalue weighted by molar-refractivity contribution is -0.148. The van der Waals surface area contributed by atoms with E-state index in [9.17, 15) is 18.0 Å². The third-order valence-electron chi connectivity index (χ3n) is 5.20. The highest BCUT2D eigenvalue weighted by Gasteiger charge is 2.34. The van der Waals surface area contributed by atoms with Crippen LogP contribution in [0.5, 0.6) is 11.5 Å². The van der Waals surface area contributed by atoms with Gasteiger partial charge in [-0.2, -0.15) is 0 Å². The maximum Gasteiger partial charge on any atom is 0.348 e. The quantitative estimate of drug-likeness (QED) is 0.440. The van der Waals surface area contributed by atoms with Crippen LogP contribution in [0.25, 0.3) is 0 Å². The van der Waals surface area contributed by atoms with Gasteiger partial charge in [-0.3, -0.25) is 9.52 Å². The van der Waals surface area contributed by atoms with E-state index in [0.717, 1.165) is 0 Å². The van der Waals surface area contributed by atoms with E-state index in [4.69, 9.17) is 37.4 Å².